The van der Waals surface area contributed by atoms with E-state index in [4.69, 9.17) is 9.84 Å². The van der Waals surface area contributed by atoms with E-state index < -0.39 is 0 Å². The van der Waals surface area contributed by atoms with Crippen LogP contribution in [-0.2, 0) is 11.3 Å². The number of benzene rings is 1. The molecule has 0 atom stereocenters. The minimum atomic E-state index is 0.124. The number of hydrogen-bond donors (Lipinski definition) is 1. The van der Waals surface area contributed by atoms with Crippen molar-refractivity contribution < 1.29 is 9.84 Å². The van der Waals surface area contributed by atoms with Gasteiger partial charge in [0, 0.05) is 31.7 Å². The third-order valence-corrected chi connectivity index (χ3v) is 3.54. The lowest BCUT2D eigenvalue weighted by Crippen LogP contribution is -2.23. The van der Waals surface area contributed by atoms with Crippen LogP contribution in [0.2, 0.25) is 0 Å². The number of aliphatic hydroxyl groups is 1. The molecule has 3 heteroatoms. The maximum atomic E-state index is 8.69. The Kier molecular flexibility index (Phi) is 6.75. The lowest BCUT2D eigenvalue weighted by Gasteiger charge is -2.16. The third-order valence-electron chi connectivity index (χ3n) is 3.54. The predicted octanol–water partition coefficient (Wildman–Crippen LogP) is 2.28. The topological polar surface area (TPSA) is 32.7 Å². The van der Waals surface area contributed by atoms with Gasteiger partial charge in [-0.3, -0.25) is 4.90 Å². The molecular formula is C18H25NO2. The second kappa shape index (κ2) is 8.84. The second-order valence-corrected chi connectivity index (χ2v) is 5.73. The summed E-state index contributed by atoms with van der Waals surface area (Å²) in [5, 5.41) is 8.69. The zero-order valence-corrected chi connectivity index (χ0v) is 12.8. The third kappa shape index (κ3) is 6.77. The lowest BCUT2D eigenvalue weighted by molar-refractivity contribution is 0.102. The Morgan fingerprint density at radius 2 is 2.05 bits per heavy atom. The van der Waals surface area contributed by atoms with Gasteiger partial charge in [0.25, 0.3) is 0 Å². The quantitative estimate of drug-likeness (QED) is 0.588. The fraction of sp³-hybridized carbons (Fsp3) is 0.556. The van der Waals surface area contributed by atoms with E-state index >= 15 is 0 Å². The van der Waals surface area contributed by atoms with Crippen LogP contribution in [0.15, 0.2) is 24.3 Å². The van der Waals surface area contributed by atoms with Gasteiger partial charge in [-0.2, -0.15) is 0 Å². The fourth-order valence-electron chi connectivity index (χ4n) is 2.06. The van der Waals surface area contributed by atoms with Crippen LogP contribution in [0.1, 0.15) is 30.4 Å². The first kappa shape index (κ1) is 16.0. The molecule has 1 fully saturated rings. The highest BCUT2D eigenvalue weighted by molar-refractivity contribution is 5.36. The van der Waals surface area contributed by atoms with Crippen molar-refractivity contribution in [3.8, 4) is 11.8 Å². The zero-order valence-electron chi connectivity index (χ0n) is 12.8. The first-order valence-corrected chi connectivity index (χ1v) is 7.73. The van der Waals surface area contributed by atoms with Gasteiger partial charge >= 0.3 is 0 Å². The highest BCUT2D eigenvalue weighted by Crippen LogP contribution is 2.28. The minimum Gasteiger partial charge on any atom is -0.395 e. The summed E-state index contributed by atoms with van der Waals surface area (Å²) in [6.07, 6.45) is 3.23. The van der Waals surface area contributed by atoms with Crippen molar-refractivity contribution in [2.45, 2.75) is 25.8 Å². The average Bonchev–Trinajstić information content (AvgIpc) is 3.30. The molecule has 1 aromatic carbocycles. The van der Waals surface area contributed by atoms with Gasteiger partial charge in [0.05, 0.1) is 13.2 Å². The summed E-state index contributed by atoms with van der Waals surface area (Å²) >= 11 is 0. The Morgan fingerprint density at radius 1 is 1.29 bits per heavy atom. The van der Waals surface area contributed by atoms with E-state index in [1.54, 1.807) is 0 Å². The molecule has 1 saturated carbocycles. The van der Waals surface area contributed by atoms with Crippen LogP contribution in [0.4, 0.5) is 0 Å². The molecule has 1 aliphatic rings. The zero-order chi connectivity index (χ0) is 14.9. The molecule has 114 valence electrons. The summed E-state index contributed by atoms with van der Waals surface area (Å²) in [5.41, 5.74) is 2.29. The Bertz CT molecular complexity index is 468. The van der Waals surface area contributed by atoms with Crippen LogP contribution in [0.5, 0.6) is 0 Å². The van der Waals surface area contributed by atoms with Crippen molar-refractivity contribution in [3.63, 3.8) is 0 Å². The average molecular weight is 287 g/mol. The summed E-state index contributed by atoms with van der Waals surface area (Å²) in [6, 6.07) is 8.31. The van der Waals surface area contributed by atoms with E-state index in [-0.39, 0.29) is 6.61 Å². The van der Waals surface area contributed by atoms with Crippen molar-refractivity contribution in [2.75, 3.05) is 33.4 Å². The van der Waals surface area contributed by atoms with Gasteiger partial charge in [-0.15, -0.1) is 0 Å². The molecule has 0 radical (unpaired) electrons. The highest BCUT2D eigenvalue weighted by Gasteiger charge is 2.20. The van der Waals surface area contributed by atoms with Gasteiger partial charge in [-0.05, 0) is 43.5 Å². The van der Waals surface area contributed by atoms with E-state index in [9.17, 15) is 0 Å². The van der Waals surface area contributed by atoms with Gasteiger partial charge in [0.2, 0.25) is 0 Å². The molecule has 2 rings (SSSR count). The van der Waals surface area contributed by atoms with E-state index in [1.807, 2.05) is 12.1 Å². The molecule has 0 bridgehead atoms. The molecule has 0 aliphatic heterocycles. The van der Waals surface area contributed by atoms with Gasteiger partial charge in [-0.25, -0.2) is 0 Å². The number of rotatable bonds is 8. The number of hydrogen-bond acceptors (Lipinski definition) is 3. The summed E-state index contributed by atoms with van der Waals surface area (Å²) in [5.74, 6) is 6.82. The smallest absolute Gasteiger partial charge is 0.0593 e. The molecule has 0 unspecified atom stereocenters. The van der Waals surface area contributed by atoms with Gasteiger partial charge in [0.1, 0.15) is 0 Å². The largest absolute Gasteiger partial charge is 0.395 e. The number of nitrogens with zero attached hydrogens (tertiary/aromatic N) is 1. The normalized spacial score (nSPS) is 14.0. The Balaban J connectivity index is 1.67. The summed E-state index contributed by atoms with van der Waals surface area (Å²) in [4.78, 5) is 2.28. The van der Waals surface area contributed by atoms with E-state index in [2.05, 4.69) is 35.9 Å². The fourth-order valence-corrected chi connectivity index (χ4v) is 2.06. The van der Waals surface area contributed by atoms with Gasteiger partial charge in [-0.1, -0.05) is 24.0 Å². The van der Waals surface area contributed by atoms with Gasteiger partial charge in [0.15, 0.2) is 0 Å². The molecule has 21 heavy (non-hydrogen) atoms. The molecule has 1 N–H and O–H groups in total. The molecule has 0 heterocycles. The molecule has 3 nitrogen and oxygen atoms in total. The number of aliphatic hydroxyl groups excluding tert-OH is 1. The summed E-state index contributed by atoms with van der Waals surface area (Å²) < 4.78 is 5.66. The van der Waals surface area contributed by atoms with Crippen LogP contribution in [0.25, 0.3) is 0 Å². The maximum Gasteiger partial charge on any atom is 0.0593 e. The molecule has 0 saturated heterocycles. The van der Waals surface area contributed by atoms with Gasteiger partial charge < -0.3 is 9.84 Å². The highest BCUT2D eigenvalue weighted by atomic mass is 16.5. The molecule has 1 aromatic rings. The summed E-state index contributed by atoms with van der Waals surface area (Å²) in [6.45, 7) is 3.77. The van der Waals surface area contributed by atoms with Crippen LogP contribution < -0.4 is 0 Å². The van der Waals surface area contributed by atoms with E-state index in [0.29, 0.717) is 6.42 Å². The monoisotopic (exact) mass is 287 g/mol. The SMILES string of the molecule is CN(CCOCC1CC1)Cc1ccc(C#CCCO)cc1. The van der Waals surface area contributed by atoms with Crippen LogP contribution in [0, 0.1) is 17.8 Å². The Morgan fingerprint density at radius 3 is 2.71 bits per heavy atom. The molecule has 0 spiro atoms. The first-order valence-electron chi connectivity index (χ1n) is 7.73. The van der Waals surface area contributed by atoms with Crippen molar-refractivity contribution in [2.24, 2.45) is 5.92 Å². The first-order chi connectivity index (χ1) is 10.3. The lowest BCUT2D eigenvalue weighted by atomic mass is 10.1. The van der Waals surface area contributed by atoms with Crippen molar-refractivity contribution in [1.29, 1.82) is 0 Å². The van der Waals surface area contributed by atoms with E-state index in [1.165, 1.54) is 18.4 Å². The summed E-state index contributed by atoms with van der Waals surface area (Å²) in [7, 11) is 2.12. The molecule has 0 amide bonds. The van der Waals surface area contributed by atoms with Crippen LogP contribution in [0.3, 0.4) is 0 Å². The van der Waals surface area contributed by atoms with Crippen molar-refractivity contribution in [1.82, 2.24) is 4.90 Å². The minimum absolute atomic E-state index is 0.124. The Labute approximate surface area is 127 Å². The second-order valence-electron chi connectivity index (χ2n) is 5.73. The van der Waals surface area contributed by atoms with Crippen molar-refractivity contribution in [3.05, 3.63) is 35.4 Å². The predicted molar refractivity (Wildman–Crippen MR) is 84.9 cm³/mol. The van der Waals surface area contributed by atoms with Crippen LogP contribution in [-0.4, -0.2) is 43.4 Å². The van der Waals surface area contributed by atoms with E-state index in [0.717, 1.165) is 37.8 Å². The molecular weight excluding hydrogens is 262 g/mol. The Hall–Kier alpha value is -1.34. The molecule has 1 aliphatic carbocycles. The van der Waals surface area contributed by atoms with Crippen LogP contribution >= 0.6 is 0 Å². The number of likely N-dealkylation sites (N-methyl/N-ethyl adjacent to an activating group) is 1. The van der Waals surface area contributed by atoms with Crippen molar-refractivity contribution >= 4 is 0 Å². The molecule has 0 aromatic heterocycles. The standard InChI is InChI=1S/C18H25NO2/c1-19(11-13-21-15-18-9-10-18)14-17-7-5-16(6-8-17)4-2-3-12-20/h5-8,18,20H,3,9-15H2,1H3. The number of ether oxygens (including phenoxy) is 1. The maximum absolute atomic E-state index is 8.69.